The van der Waals surface area contributed by atoms with Crippen LogP contribution in [0.15, 0.2) is 170 Å². The minimum Gasteiger partial charge on any atom is -0.453 e. The van der Waals surface area contributed by atoms with Crippen molar-refractivity contribution in [2.75, 3.05) is 9.80 Å². The first-order valence-corrected chi connectivity index (χ1v) is 18.6. The molecule has 8 aromatic carbocycles. The summed E-state index contributed by atoms with van der Waals surface area (Å²) in [5.41, 5.74) is 11.0. The van der Waals surface area contributed by atoms with Crippen molar-refractivity contribution in [3.05, 3.63) is 180 Å². The third kappa shape index (κ3) is 4.91. The van der Waals surface area contributed by atoms with Gasteiger partial charge in [0.05, 0.1) is 22.7 Å². The molecule has 11 rings (SSSR count). The van der Waals surface area contributed by atoms with Gasteiger partial charge < -0.3 is 19.3 Å². The fourth-order valence-corrected chi connectivity index (χ4v) is 8.32. The quantitative estimate of drug-likeness (QED) is 0.183. The fourth-order valence-electron chi connectivity index (χ4n) is 8.32. The smallest absolute Gasteiger partial charge is 0.151 e. The van der Waals surface area contributed by atoms with Crippen molar-refractivity contribution in [3.8, 4) is 45.3 Å². The molecule has 0 bridgehead atoms. The van der Waals surface area contributed by atoms with E-state index in [1.165, 1.54) is 43.5 Å². The van der Waals surface area contributed by atoms with Gasteiger partial charge in [0.1, 0.15) is 0 Å². The van der Waals surface area contributed by atoms with Gasteiger partial charge in [0.2, 0.25) is 0 Å². The molecule has 4 heteroatoms. The number of hydrogen-bond acceptors (Lipinski definition) is 4. The molecule has 54 heavy (non-hydrogen) atoms. The number of ether oxygens (including phenoxy) is 2. The maximum atomic E-state index is 6.31. The van der Waals surface area contributed by atoms with Gasteiger partial charge in [-0.1, -0.05) is 97.1 Å². The molecule has 256 valence electrons. The lowest BCUT2D eigenvalue weighted by atomic mass is 9.88. The molecule has 4 nitrogen and oxygen atoms in total. The molecule has 1 aliphatic carbocycles. The van der Waals surface area contributed by atoms with Crippen LogP contribution in [0.5, 0.6) is 23.0 Å². The second-order valence-electron chi connectivity index (χ2n) is 14.0. The first-order chi connectivity index (χ1) is 26.8. The molecule has 0 saturated carbocycles. The number of benzene rings is 8. The van der Waals surface area contributed by atoms with Crippen LogP contribution >= 0.6 is 0 Å². The molecule has 0 fully saturated rings. The largest absolute Gasteiger partial charge is 0.453 e. The molecule has 2 aliphatic heterocycles. The van der Waals surface area contributed by atoms with Gasteiger partial charge in [-0.25, -0.2) is 0 Å². The standard InChI is InChI=1S/C50H34N2O2/c1-2-12-36-32-41-37(31-35(36)11-1)25-30-40(33-21-26-38(27-22-33)51-42-13-3-7-17-46(42)53-47-18-8-4-14-43(47)51)50(41)34-23-28-39(29-24-34)52-44-15-5-9-19-48(44)54-49-20-10-6-16-45(49)52/h3-32H,1-2H2. The molecule has 3 aliphatic rings. The minimum absolute atomic E-state index is 0.849. The van der Waals surface area contributed by atoms with Crippen LogP contribution in [0.3, 0.4) is 0 Å². The SMILES string of the molecule is C1=c2cc3ccc(-c4ccc(N5c6ccccc6Oc6ccccc65)cc4)c(-c4ccc(N5c6ccccc6Oc6ccccc65)cc4)c3cc2=CCC1. The van der Waals surface area contributed by atoms with Gasteiger partial charge >= 0.3 is 0 Å². The van der Waals surface area contributed by atoms with E-state index < -0.39 is 0 Å². The lowest BCUT2D eigenvalue weighted by Crippen LogP contribution is -2.26. The van der Waals surface area contributed by atoms with Gasteiger partial charge in [-0.3, -0.25) is 0 Å². The van der Waals surface area contributed by atoms with Gasteiger partial charge in [0.15, 0.2) is 23.0 Å². The number of nitrogens with zero attached hydrogens (tertiary/aromatic N) is 2. The Labute approximate surface area is 313 Å². The third-order valence-corrected chi connectivity index (χ3v) is 10.8. The fraction of sp³-hybridized carbons (Fsp3) is 0.0400. The highest BCUT2D eigenvalue weighted by atomic mass is 16.5. The van der Waals surface area contributed by atoms with Crippen molar-refractivity contribution >= 4 is 57.0 Å². The Bertz CT molecular complexity index is 2800. The van der Waals surface area contributed by atoms with Crippen LogP contribution in [0, 0.1) is 0 Å². The van der Waals surface area contributed by atoms with Crippen LogP contribution in [-0.2, 0) is 0 Å². The molecule has 0 amide bonds. The maximum Gasteiger partial charge on any atom is 0.151 e. The molecular formula is C50H34N2O2. The van der Waals surface area contributed by atoms with Crippen LogP contribution in [0.1, 0.15) is 12.8 Å². The van der Waals surface area contributed by atoms with Gasteiger partial charge in [-0.2, -0.15) is 0 Å². The average Bonchev–Trinajstić information content (AvgIpc) is 3.24. The highest BCUT2D eigenvalue weighted by Gasteiger charge is 2.27. The highest BCUT2D eigenvalue weighted by molar-refractivity contribution is 6.05. The van der Waals surface area contributed by atoms with E-state index >= 15 is 0 Å². The Morgan fingerprint density at radius 2 is 0.815 bits per heavy atom. The first kappa shape index (κ1) is 30.6. The normalized spacial score (nSPS) is 13.6. The predicted octanol–water partition coefficient (Wildman–Crippen LogP) is 12.7. The van der Waals surface area contributed by atoms with E-state index in [0.29, 0.717) is 0 Å². The van der Waals surface area contributed by atoms with E-state index in [1.54, 1.807) is 0 Å². The summed E-state index contributed by atoms with van der Waals surface area (Å²) in [7, 11) is 0. The summed E-state index contributed by atoms with van der Waals surface area (Å²) >= 11 is 0. The van der Waals surface area contributed by atoms with Crippen molar-refractivity contribution in [3.63, 3.8) is 0 Å². The van der Waals surface area contributed by atoms with Crippen molar-refractivity contribution in [1.29, 1.82) is 0 Å². The van der Waals surface area contributed by atoms with Gasteiger partial charge in [-0.15, -0.1) is 0 Å². The molecular weight excluding hydrogens is 661 g/mol. The summed E-state index contributed by atoms with van der Waals surface area (Å²) in [5, 5.41) is 5.14. The second-order valence-corrected chi connectivity index (χ2v) is 14.0. The van der Waals surface area contributed by atoms with Gasteiger partial charge in [0, 0.05) is 11.4 Å². The second kappa shape index (κ2) is 12.3. The maximum absolute atomic E-state index is 6.31. The van der Waals surface area contributed by atoms with E-state index in [2.05, 4.69) is 143 Å². The molecule has 0 aromatic heterocycles. The van der Waals surface area contributed by atoms with E-state index in [9.17, 15) is 0 Å². The zero-order valence-corrected chi connectivity index (χ0v) is 29.4. The summed E-state index contributed by atoms with van der Waals surface area (Å²) in [6.07, 6.45) is 6.91. The summed E-state index contributed by atoms with van der Waals surface area (Å²) in [4.78, 5) is 4.59. The van der Waals surface area contributed by atoms with E-state index in [0.717, 1.165) is 70.0 Å². The highest BCUT2D eigenvalue weighted by Crippen LogP contribution is 2.52. The zero-order chi connectivity index (χ0) is 35.6. The number of rotatable bonds is 4. The van der Waals surface area contributed by atoms with E-state index in [-0.39, 0.29) is 0 Å². The molecule has 0 N–H and O–H groups in total. The molecule has 8 aromatic rings. The van der Waals surface area contributed by atoms with Crippen LogP contribution < -0.4 is 29.7 Å². The topological polar surface area (TPSA) is 24.9 Å². The first-order valence-electron chi connectivity index (χ1n) is 18.6. The summed E-state index contributed by atoms with van der Waals surface area (Å²) in [6.45, 7) is 0. The van der Waals surface area contributed by atoms with Crippen molar-refractivity contribution in [1.82, 2.24) is 0 Å². The van der Waals surface area contributed by atoms with E-state index in [4.69, 9.17) is 9.47 Å². The minimum atomic E-state index is 0.849. The Hall–Kier alpha value is -7.04. The summed E-state index contributed by atoms with van der Waals surface area (Å²) in [6, 6.07) is 60.3. The summed E-state index contributed by atoms with van der Waals surface area (Å²) in [5.74, 6) is 3.40. The zero-order valence-electron chi connectivity index (χ0n) is 29.4. The molecule has 0 spiro atoms. The van der Waals surface area contributed by atoms with Gasteiger partial charge in [0.25, 0.3) is 0 Å². The molecule has 0 atom stereocenters. The van der Waals surface area contributed by atoms with Crippen LogP contribution in [0.25, 0.3) is 45.2 Å². The third-order valence-electron chi connectivity index (χ3n) is 10.8. The van der Waals surface area contributed by atoms with Crippen LogP contribution in [0.2, 0.25) is 0 Å². The molecule has 0 radical (unpaired) electrons. The van der Waals surface area contributed by atoms with Crippen LogP contribution in [0.4, 0.5) is 34.1 Å². The van der Waals surface area contributed by atoms with Crippen LogP contribution in [-0.4, -0.2) is 0 Å². The number of hydrogen-bond donors (Lipinski definition) is 0. The Morgan fingerprint density at radius 1 is 0.389 bits per heavy atom. The summed E-state index contributed by atoms with van der Waals surface area (Å²) < 4.78 is 12.6. The predicted molar refractivity (Wildman–Crippen MR) is 222 cm³/mol. The molecule has 0 saturated heterocycles. The Kier molecular flexibility index (Phi) is 6.96. The van der Waals surface area contributed by atoms with Crippen molar-refractivity contribution in [2.45, 2.75) is 12.8 Å². The lowest BCUT2D eigenvalue weighted by molar-refractivity contribution is 0.477. The average molecular weight is 695 g/mol. The van der Waals surface area contributed by atoms with Crippen molar-refractivity contribution in [2.24, 2.45) is 0 Å². The monoisotopic (exact) mass is 694 g/mol. The van der Waals surface area contributed by atoms with E-state index in [1.807, 2.05) is 48.5 Å². The number of anilines is 6. The Balaban J connectivity index is 1.05. The Morgan fingerprint density at radius 3 is 1.30 bits per heavy atom. The molecule has 0 unspecified atom stereocenters. The molecule has 2 heterocycles. The van der Waals surface area contributed by atoms with Crippen molar-refractivity contribution < 1.29 is 9.47 Å². The number of para-hydroxylation sites is 8. The number of fused-ring (bicyclic) bond motifs is 6. The lowest BCUT2D eigenvalue weighted by Gasteiger charge is -2.33. The van der Waals surface area contributed by atoms with Gasteiger partial charge in [-0.05, 0) is 141 Å².